The van der Waals surface area contributed by atoms with Crippen LogP contribution in [-0.2, 0) is 17.8 Å². The summed E-state index contributed by atoms with van der Waals surface area (Å²) >= 11 is 0. The quantitative estimate of drug-likeness (QED) is 0.714. The van der Waals surface area contributed by atoms with Crippen molar-refractivity contribution in [3.63, 3.8) is 0 Å². The Balaban J connectivity index is 2.71. The second-order valence-electron chi connectivity index (χ2n) is 2.74. The monoisotopic (exact) mass is 164 g/mol. The number of hydrogen-bond donors (Lipinski definition) is 1. The van der Waals surface area contributed by atoms with Crippen molar-refractivity contribution in [2.75, 3.05) is 0 Å². The second-order valence-corrected chi connectivity index (χ2v) is 2.74. The average molecular weight is 164 g/mol. The average Bonchev–Trinajstić information content (AvgIpc) is 2.05. The summed E-state index contributed by atoms with van der Waals surface area (Å²) in [6, 6.07) is 3.73. The zero-order valence-corrected chi connectivity index (χ0v) is 7.08. The fourth-order valence-corrected chi connectivity index (χ4v) is 0.935. The third-order valence-electron chi connectivity index (χ3n) is 1.55. The summed E-state index contributed by atoms with van der Waals surface area (Å²) in [6.07, 6.45) is 2.11. The summed E-state index contributed by atoms with van der Waals surface area (Å²) in [7, 11) is 0. The Morgan fingerprint density at radius 2 is 2.33 bits per heavy atom. The molecule has 0 saturated carbocycles. The number of pyridine rings is 1. The van der Waals surface area contributed by atoms with Gasteiger partial charge in [-0.25, -0.2) is 0 Å². The summed E-state index contributed by atoms with van der Waals surface area (Å²) in [4.78, 5) is 14.8. The van der Waals surface area contributed by atoms with Crippen molar-refractivity contribution in [1.82, 2.24) is 4.98 Å². The zero-order chi connectivity index (χ0) is 8.97. The first-order valence-electron chi connectivity index (χ1n) is 3.85. The molecule has 0 aromatic carbocycles. The van der Waals surface area contributed by atoms with E-state index in [1.165, 1.54) is 0 Å². The lowest BCUT2D eigenvalue weighted by Crippen LogP contribution is -2.01. The van der Waals surface area contributed by atoms with Crippen molar-refractivity contribution in [1.29, 1.82) is 0 Å². The molecule has 0 bridgehead atoms. The van der Waals surface area contributed by atoms with Gasteiger partial charge >= 0.3 is 0 Å². The largest absolute Gasteiger partial charge is 0.326 e. The number of carbonyl (C=O) groups excluding carboxylic acids is 1. The van der Waals surface area contributed by atoms with Crippen molar-refractivity contribution >= 4 is 5.78 Å². The lowest BCUT2D eigenvalue weighted by molar-refractivity contribution is -0.116. The normalized spacial score (nSPS) is 9.83. The Bertz CT molecular complexity index is 266. The molecule has 0 fully saturated rings. The first kappa shape index (κ1) is 8.87. The van der Waals surface area contributed by atoms with Crippen LogP contribution in [0.2, 0.25) is 0 Å². The van der Waals surface area contributed by atoms with E-state index in [2.05, 4.69) is 4.98 Å². The Morgan fingerprint density at radius 3 is 2.75 bits per heavy atom. The molecule has 1 aromatic heterocycles. The fourth-order valence-electron chi connectivity index (χ4n) is 0.935. The Kier molecular flexibility index (Phi) is 2.94. The molecule has 1 rings (SSSR count). The standard InChI is InChI=1S/C9H12N2O/c1-7(12)4-9-3-2-8(5-10)6-11-9/h2-3,6H,4-5,10H2,1H3. The van der Waals surface area contributed by atoms with Gasteiger partial charge in [-0.2, -0.15) is 0 Å². The molecule has 0 aliphatic heterocycles. The molecule has 1 aromatic rings. The summed E-state index contributed by atoms with van der Waals surface area (Å²) < 4.78 is 0. The summed E-state index contributed by atoms with van der Waals surface area (Å²) in [6.45, 7) is 2.05. The maximum Gasteiger partial charge on any atom is 0.135 e. The van der Waals surface area contributed by atoms with Gasteiger partial charge in [-0.1, -0.05) is 6.07 Å². The number of aromatic nitrogens is 1. The first-order chi connectivity index (χ1) is 5.72. The van der Waals surface area contributed by atoms with Crippen LogP contribution in [0.15, 0.2) is 18.3 Å². The van der Waals surface area contributed by atoms with Crippen molar-refractivity contribution in [3.05, 3.63) is 29.6 Å². The maximum absolute atomic E-state index is 10.7. The van der Waals surface area contributed by atoms with Gasteiger partial charge in [-0.05, 0) is 18.6 Å². The van der Waals surface area contributed by atoms with E-state index in [0.29, 0.717) is 13.0 Å². The highest BCUT2D eigenvalue weighted by Gasteiger charge is 1.97. The van der Waals surface area contributed by atoms with E-state index < -0.39 is 0 Å². The van der Waals surface area contributed by atoms with Crippen LogP contribution in [0.3, 0.4) is 0 Å². The van der Waals surface area contributed by atoms with E-state index in [4.69, 9.17) is 5.73 Å². The van der Waals surface area contributed by atoms with Crippen LogP contribution in [0.4, 0.5) is 0 Å². The predicted octanol–water partition coefficient (Wildman–Crippen LogP) is 0.672. The van der Waals surface area contributed by atoms with Crippen molar-refractivity contribution < 1.29 is 4.79 Å². The van der Waals surface area contributed by atoms with Crippen molar-refractivity contribution in [2.24, 2.45) is 5.73 Å². The minimum Gasteiger partial charge on any atom is -0.326 e. The Labute approximate surface area is 71.6 Å². The molecule has 0 unspecified atom stereocenters. The molecule has 12 heavy (non-hydrogen) atoms. The van der Waals surface area contributed by atoms with Gasteiger partial charge in [-0.15, -0.1) is 0 Å². The molecule has 3 nitrogen and oxygen atoms in total. The van der Waals surface area contributed by atoms with E-state index in [1.807, 2.05) is 12.1 Å². The van der Waals surface area contributed by atoms with Crippen LogP contribution in [0.1, 0.15) is 18.2 Å². The van der Waals surface area contributed by atoms with Crippen molar-refractivity contribution in [2.45, 2.75) is 19.9 Å². The first-order valence-corrected chi connectivity index (χ1v) is 3.85. The number of nitrogens with two attached hydrogens (primary N) is 1. The molecule has 64 valence electrons. The van der Waals surface area contributed by atoms with Gasteiger partial charge in [0.2, 0.25) is 0 Å². The van der Waals surface area contributed by atoms with Gasteiger partial charge in [0.1, 0.15) is 5.78 Å². The van der Waals surface area contributed by atoms with Gasteiger partial charge < -0.3 is 5.73 Å². The van der Waals surface area contributed by atoms with E-state index >= 15 is 0 Å². The maximum atomic E-state index is 10.7. The van der Waals surface area contributed by atoms with E-state index in [9.17, 15) is 4.79 Å². The van der Waals surface area contributed by atoms with Crippen LogP contribution in [0.5, 0.6) is 0 Å². The molecule has 0 atom stereocenters. The van der Waals surface area contributed by atoms with Gasteiger partial charge in [-0.3, -0.25) is 9.78 Å². The number of carbonyl (C=O) groups is 1. The van der Waals surface area contributed by atoms with Crippen LogP contribution in [-0.4, -0.2) is 10.8 Å². The van der Waals surface area contributed by atoms with Crippen LogP contribution < -0.4 is 5.73 Å². The Morgan fingerprint density at radius 1 is 1.58 bits per heavy atom. The summed E-state index contributed by atoms with van der Waals surface area (Å²) in [5, 5.41) is 0. The van der Waals surface area contributed by atoms with Crippen molar-refractivity contribution in [3.8, 4) is 0 Å². The highest BCUT2D eigenvalue weighted by atomic mass is 16.1. The van der Waals surface area contributed by atoms with E-state index in [-0.39, 0.29) is 5.78 Å². The minimum absolute atomic E-state index is 0.128. The third kappa shape index (κ3) is 2.43. The molecule has 0 amide bonds. The Hall–Kier alpha value is -1.22. The summed E-state index contributed by atoms with van der Waals surface area (Å²) in [5.74, 6) is 0.128. The number of Topliss-reactive ketones (excluding diaryl/α,β-unsaturated/α-hetero) is 1. The van der Waals surface area contributed by atoms with Gasteiger partial charge in [0.15, 0.2) is 0 Å². The van der Waals surface area contributed by atoms with E-state index in [0.717, 1.165) is 11.3 Å². The van der Waals surface area contributed by atoms with E-state index in [1.54, 1.807) is 13.1 Å². The number of hydrogen-bond acceptors (Lipinski definition) is 3. The van der Waals surface area contributed by atoms with Gasteiger partial charge in [0, 0.05) is 24.9 Å². The highest BCUT2D eigenvalue weighted by Crippen LogP contribution is 2.00. The molecular weight excluding hydrogens is 152 g/mol. The van der Waals surface area contributed by atoms with Crippen LogP contribution in [0.25, 0.3) is 0 Å². The molecule has 0 saturated heterocycles. The fraction of sp³-hybridized carbons (Fsp3) is 0.333. The lowest BCUT2D eigenvalue weighted by Gasteiger charge is -1.98. The molecule has 2 N–H and O–H groups in total. The van der Waals surface area contributed by atoms with Gasteiger partial charge in [0.25, 0.3) is 0 Å². The lowest BCUT2D eigenvalue weighted by atomic mass is 10.2. The van der Waals surface area contributed by atoms with Crippen LogP contribution >= 0.6 is 0 Å². The third-order valence-corrected chi connectivity index (χ3v) is 1.55. The molecule has 0 aliphatic rings. The van der Waals surface area contributed by atoms with Crippen LogP contribution in [0, 0.1) is 0 Å². The predicted molar refractivity (Wildman–Crippen MR) is 46.5 cm³/mol. The van der Waals surface area contributed by atoms with Gasteiger partial charge in [0.05, 0.1) is 0 Å². The summed E-state index contributed by atoms with van der Waals surface area (Å²) in [5.41, 5.74) is 7.19. The SMILES string of the molecule is CC(=O)Cc1ccc(CN)cn1. The smallest absolute Gasteiger partial charge is 0.135 e. The molecule has 1 heterocycles. The topological polar surface area (TPSA) is 56.0 Å². The molecule has 3 heteroatoms. The molecule has 0 aliphatic carbocycles. The number of nitrogens with zero attached hydrogens (tertiary/aromatic N) is 1. The second kappa shape index (κ2) is 3.97. The minimum atomic E-state index is 0.128. The molecule has 0 spiro atoms. The zero-order valence-electron chi connectivity index (χ0n) is 7.08. The number of rotatable bonds is 3. The highest BCUT2D eigenvalue weighted by molar-refractivity contribution is 5.77. The number of ketones is 1. The molecular formula is C9H12N2O. The molecule has 0 radical (unpaired) electrons.